The van der Waals surface area contributed by atoms with Crippen molar-refractivity contribution in [2.24, 2.45) is 0 Å². The molecule has 0 saturated heterocycles. The van der Waals surface area contributed by atoms with Crippen molar-refractivity contribution < 1.29 is 0 Å². The molecule has 0 aliphatic heterocycles. The quantitative estimate of drug-likeness (QED) is 0.822. The summed E-state index contributed by atoms with van der Waals surface area (Å²) in [6.45, 7) is 7.35. The first-order chi connectivity index (χ1) is 7.07. The molecule has 0 bridgehead atoms. The molecule has 1 aromatic rings. The van der Waals surface area contributed by atoms with Gasteiger partial charge in [-0.1, -0.05) is 20.8 Å². The lowest BCUT2D eigenvalue weighted by Crippen LogP contribution is -2.22. The Morgan fingerprint density at radius 1 is 1.40 bits per heavy atom. The Labute approximate surface area is 91.5 Å². The number of nitrogens with zero attached hydrogens (tertiary/aromatic N) is 3. The van der Waals surface area contributed by atoms with Gasteiger partial charge >= 0.3 is 0 Å². The Morgan fingerprint density at radius 3 is 2.60 bits per heavy atom. The Morgan fingerprint density at radius 2 is 2.07 bits per heavy atom. The Bertz CT molecular complexity index is 322. The fourth-order valence-electron chi connectivity index (χ4n) is 1.70. The lowest BCUT2D eigenvalue weighted by atomic mass is 10.0. The van der Waals surface area contributed by atoms with Gasteiger partial charge in [0, 0.05) is 19.2 Å². The van der Waals surface area contributed by atoms with Gasteiger partial charge < -0.3 is 10.6 Å². The smallest absolute Gasteiger partial charge is 0.137 e. The highest BCUT2D eigenvalue weighted by Crippen LogP contribution is 2.28. The summed E-state index contributed by atoms with van der Waals surface area (Å²) in [4.78, 5) is 10.5. The van der Waals surface area contributed by atoms with Gasteiger partial charge in [-0.2, -0.15) is 0 Å². The van der Waals surface area contributed by atoms with Crippen molar-refractivity contribution in [3.8, 4) is 0 Å². The molecule has 0 atom stereocenters. The van der Waals surface area contributed by atoms with Crippen LogP contribution < -0.4 is 10.6 Å². The number of hydrogen-bond acceptors (Lipinski definition) is 4. The molecular weight excluding hydrogens is 188 g/mol. The van der Waals surface area contributed by atoms with E-state index in [0.29, 0.717) is 11.7 Å². The normalized spacial score (nSPS) is 10.7. The van der Waals surface area contributed by atoms with Crippen molar-refractivity contribution in [2.75, 3.05) is 24.2 Å². The second-order valence-electron chi connectivity index (χ2n) is 4.07. The lowest BCUT2D eigenvalue weighted by molar-refractivity contribution is 0.793. The standard InChI is InChI=1S/C11H20N4/c1-5-6-15(4)11-9(8(2)3)10(12)13-7-14-11/h7-8H,5-6H2,1-4H3,(H2,12,13,14). The van der Waals surface area contributed by atoms with Gasteiger partial charge in [0.25, 0.3) is 0 Å². The van der Waals surface area contributed by atoms with Crippen LogP contribution in [0.25, 0.3) is 0 Å². The fraction of sp³-hybridized carbons (Fsp3) is 0.636. The molecule has 1 rings (SSSR count). The van der Waals surface area contributed by atoms with E-state index in [-0.39, 0.29) is 0 Å². The maximum absolute atomic E-state index is 5.88. The maximum Gasteiger partial charge on any atom is 0.137 e. The number of hydrogen-bond donors (Lipinski definition) is 1. The molecule has 1 aromatic heterocycles. The number of aromatic nitrogens is 2. The highest BCUT2D eigenvalue weighted by atomic mass is 15.2. The van der Waals surface area contributed by atoms with Crippen LogP contribution in [0.2, 0.25) is 0 Å². The molecular formula is C11H20N4. The molecule has 84 valence electrons. The molecule has 0 spiro atoms. The van der Waals surface area contributed by atoms with Crippen molar-refractivity contribution in [2.45, 2.75) is 33.1 Å². The van der Waals surface area contributed by atoms with Crippen molar-refractivity contribution >= 4 is 11.6 Å². The Balaban J connectivity index is 3.10. The van der Waals surface area contributed by atoms with Crippen LogP contribution in [0.4, 0.5) is 11.6 Å². The molecule has 0 amide bonds. The van der Waals surface area contributed by atoms with Crippen LogP contribution in [0.3, 0.4) is 0 Å². The third-order valence-electron chi connectivity index (χ3n) is 2.39. The number of anilines is 2. The van der Waals surface area contributed by atoms with E-state index in [1.807, 2.05) is 7.05 Å². The monoisotopic (exact) mass is 208 g/mol. The first kappa shape index (κ1) is 11.8. The number of nitrogen functional groups attached to an aromatic ring is 1. The molecule has 2 N–H and O–H groups in total. The molecule has 0 radical (unpaired) electrons. The van der Waals surface area contributed by atoms with Gasteiger partial charge in [0.15, 0.2) is 0 Å². The van der Waals surface area contributed by atoms with Gasteiger partial charge in [-0.05, 0) is 12.3 Å². The van der Waals surface area contributed by atoms with E-state index in [0.717, 1.165) is 24.3 Å². The average molecular weight is 208 g/mol. The number of nitrogens with two attached hydrogens (primary N) is 1. The van der Waals surface area contributed by atoms with E-state index >= 15 is 0 Å². The Hall–Kier alpha value is -1.32. The highest BCUT2D eigenvalue weighted by molar-refractivity contribution is 5.57. The van der Waals surface area contributed by atoms with E-state index in [4.69, 9.17) is 5.73 Å². The summed E-state index contributed by atoms with van der Waals surface area (Å²) in [7, 11) is 2.04. The zero-order valence-corrected chi connectivity index (χ0v) is 9.99. The lowest BCUT2D eigenvalue weighted by Gasteiger charge is -2.22. The largest absolute Gasteiger partial charge is 0.383 e. The maximum atomic E-state index is 5.88. The first-order valence-corrected chi connectivity index (χ1v) is 5.39. The van der Waals surface area contributed by atoms with E-state index in [1.165, 1.54) is 6.33 Å². The SMILES string of the molecule is CCCN(C)c1ncnc(N)c1C(C)C. The van der Waals surface area contributed by atoms with E-state index in [1.54, 1.807) is 0 Å². The van der Waals surface area contributed by atoms with Crippen LogP contribution in [0.1, 0.15) is 38.7 Å². The molecule has 0 saturated carbocycles. The van der Waals surface area contributed by atoms with Gasteiger partial charge in [-0.3, -0.25) is 0 Å². The zero-order valence-electron chi connectivity index (χ0n) is 9.99. The van der Waals surface area contributed by atoms with Crippen molar-refractivity contribution in [1.82, 2.24) is 9.97 Å². The summed E-state index contributed by atoms with van der Waals surface area (Å²) in [6.07, 6.45) is 2.63. The molecule has 0 unspecified atom stereocenters. The second kappa shape index (κ2) is 4.96. The zero-order chi connectivity index (χ0) is 11.4. The van der Waals surface area contributed by atoms with Crippen LogP contribution in [0.5, 0.6) is 0 Å². The third kappa shape index (κ3) is 2.58. The fourth-order valence-corrected chi connectivity index (χ4v) is 1.70. The van der Waals surface area contributed by atoms with E-state index in [2.05, 4.69) is 35.6 Å². The number of rotatable bonds is 4. The van der Waals surface area contributed by atoms with Crippen LogP contribution >= 0.6 is 0 Å². The summed E-state index contributed by atoms with van der Waals surface area (Å²) < 4.78 is 0. The summed E-state index contributed by atoms with van der Waals surface area (Å²) in [5, 5.41) is 0. The summed E-state index contributed by atoms with van der Waals surface area (Å²) >= 11 is 0. The van der Waals surface area contributed by atoms with Gasteiger partial charge in [-0.25, -0.2) is 9.97 Å². The van der Waals surface area contributed by atoms with E-state index in [9.17, 15) is 0 Å². The van der Waals surface area contributed by atoms with Crippen molar-refractivity contribution in [3.05, 3.63) is 11.9 Å². The predicted octanol–water partition coefficient (Wildman–Crippen LogP) is 2.03. The van der Waals surface area contributed by atoms with Crippen LogP contribution in [-0.2, 0) is 0 Å². The van der Waals surface area contributed by atoms with Gasteiger partial charge in [0.2, 0.25) is 0 Å². The highest BCUT2D eigenvalue weighted by Gasteiger charge is 2.15. The summed E-state index contributed by atoms with van der Waals surface area (Å²) in [6, 6.07) is 0. The molecule has 0 fully saturated rings. The topological polar surface area (TPSA) is 55.0 Å². The molecule has 4 nitrogen and oxygen atoms in total. The van der Waals surface area contributed by atoms with Crippen molar-refractivity contribution in [1.29, 1.82) is 0 Å². The van der Waals surface area contributed by atoms with Gasteiger partial charge in [-0.15, -0.1) is 0 Å². The molecule has 0 aliphatic carbocycles. The van der Waals surface area contributed by atoms with Crippen LogP contribution in [0.15, 0.2) is 6.33 Å². The molecule has 1 heterocycles. The first-order valence-electron chi connectivity index (χ1n) is 5.39. The molecule has 0 aromatic carbocycles. The summed E-state index contributed by atoms with van der Waals surface area (Å²) in [5.41, 5.74) is 6.93. The Kier molecular flexibility index (Phi) is 3.88. The average Bonchev–Trinajstić information content (AvgIpc) is 2.17. The minimum Gasteiger partial charge on any atom is -0.383 e. The molecule has 15 heavy (non-hydrogen) atoms. The predicted molar refractivity (Wildman–Crippen MR) is 64.1 cm³/mol. The van der Waals surface area contributed by atoms with Gasteiger partial charge in [0.05, 0.1) is 0 Å². The minimum atomic E-state index is 0.348. The second-order valence-corrected chi connectivity index (χ2v) is 4.07. The van der Waals surface area contributed by atoms with Crippen LogP contribution in [0, 0.1) is 0 Å². The van der Waals surface area contributed by atoms with Crippen molar-refractivity contribution in [3.63, 3.8) is 0 Å². The summed E-state index contributed by atoms with van der Waals surface area (Å²) in [5.74, 6) is 1.90. The molecule has 0 aliphatic rings. The molecule has 4 heteroatoms. The van der Waals surface area contributed by atoms with E-state index < -0.39 is 0 Å². The minimum absolute atomic E-state index is 0.348. The third-order valence-corrected chi connectivity index (χ3v) is 2.39. The van der Waals surface area contributed by atoms with Crippen LogP contribution in [-0.4, -0.2) is 23.6 Å². The van der Waals surface area contributed by atoms with Gasteiger partial charge in [0.1, 0.15) is 18.0 Å².